The Hall–Kier alpha value is -4.95. The van der Waals surface area contributed by atoms with Gasteiger partial charge in [-0.05, 0) is 54.6 Å². The number of rotatable bonds is 2. The van der Waals surface area contributed by atoms with Crippen LogP contribution in [-0.4, -0.2) is 19.1 Å². The van der Waals surface area contributed by atoms with Gasteiger partial charge in [-0.3, -0.25) is 4.98 Å². The second-order valence-corrected chi connectivity index (χ2v) is 8.28. The van der Waals surface area contributed by atoms with E-state index in [1.165, 1.54) is 0 Å². The third-order valence-corrected chi connectivity index (χ3v) is 6.36. The minimum absolute atomic E-state index is 0.625. The van der Waals surface area contributed by atoms with Gasteiger partial charge in [0.2, 0.25) is 0 Å². The first kappa shape index (κ1) is 18.6. The van der Waals surface area contributed by atoms with E-state index in [1.807, 2.05) is 66.9 Å². The van der Waals surface area contributed by atoms with E-state index in [9.17, 15) is 5.26 Å². The summed E-state index contributed by atoms with van der Waals surface area (Å²) in [4.78, 5) is 9.90. The van der Waals surface area contributed by atoms with Gasteiger partial charge in [0.15, 0.2) is 0 Å². The van der Waals surface area contributed by atoms with Gasteiger partial charge in [-0.15, -0.1) is 0 Å². The number of hydrogen-bond acceptors (Lipinski definition) is 3. The number of benzene rings is 3. The molecule has 0 fully saturated rings. The van der Waals surface area contributed by atoms with Crippen molar-refractivity contribution in [1.82, 2.24) is 19.1 Å². The molecule has 0 saturated carbocycles. The molecular weight excluding hydrogens is 418 g/mol. The molecule has 0 N–H and O–H groups in total. The quantitative estimate of drug-likeness (QED) is 0.310. The zero-order valence-electron chi connectivity index (χ0n) is 18.1. The summed E-state index contributed by atoms with van der Waals surface area (Å²) >= 11 is 0. The van der Waals surface area contributed by atoms with E-state index in [4.69, 9.17) is 9.97 Å². The lowest BCUT2D eigenvalue weighted by molar-refractivity contribution is 1.16. The average Bonchev–Trinajstić information content (AvgIpc) is 3.40. The van der Waals surface area contributed by atoms with Crippen LogP contribution in [0.3, 0.4) is 0 Å². The Morgan fingerprint density at radius 1 is 0.588 bits per heavy atom. The predicted molar refractivity (Wildman–Crippen MR) is 135 cm³/mol. The first-order chi connectivity index (χ1) is 16.8. The molecule has 0 atom stereocenters. The van der Waals surface area contributed by atoms with Crippen molar-refractivity contribution in [1.29, 1.82) is 5.26 Å². The monoisotopic (exact) mass is 435 g/mol. The molecule has 0 amide bonds. The first-order valence-electron chi connectivity index (χ1n) is 11.1. The number of hydrogen-bond donors (Lipinski definition) is 0. The maximum absolute atomic E-state index is 9.49. The van der Waals surface area contributed by atoms with E-state index in [1.54, 1.807) is 0 Å². The van der Waals surface area contributed by atoms with Crippen molar-refractivity contribution in [2.24, 2.45) is 0 Å². The lowest BCUT2D eigenvalue weighted by atomic mass is 10.2. The molecule has 34 heavy (non-hydrogen) atoms. The summed E-state index contributed by atoms with van der Waals surface area (Å²) < 4.78 is 4.41. The Balaban J connectivity index is 1.69. The normalized spacial score (nSPS) is 11.5. The smallest absolute Gasteiger partial charge is 0.116 e. The molecule has 0 bridgehead atoms. The van der Waals surface area contributed by atoms with Gasteiger partial charge in [0.05, 0.1) is 39.2 Å². The maximum Gasteiger partial charge on any atom is 0.116 e. The number of aromatic nitrogens is 4. The highest BCUT2D eigenvalue weighted by Gasteiger charge is 2.20. The molecule has 0 aliphatic carbocycles. The van der Waals surface area contributed by atoms with Crippen LogP contribution in [0, 0.1) is 11.3 Å². The fourth-order valence-electron chi connectivity index (χ4n) is 4.94. The van der Waals surface area contributed by atoms with Crippen molar-refractivity contribution in [3.8, 4) is 17.4 Å². The molecule has 7 rings (SSSR count). The first-order valence-corrected chi connectivity index (χ1v) is 11.1. The third-order valence-electron chi connectivity index (χ3n) is 6.36. The van der Waals surface area contributed by atoms with Crippen LogP contribution in [0.15, 0.2) is 103 Å². The second-order valence-electron chi connectivity index (χ2n) is 8.28. The summed E-state index contributed by atoms with van der Waals surface area (Å²) in [7, 11) is 0. The van der Waals surface area contributed by atoms with Crippen molar-refractivity contribution in [3.63, 3.8) is 0 Å². The number of nitriles is 1. The molecule has 4 aromatic heterocycles. The van der Waals surface area contributed by atoms with Crippen LogP contribution in [0.1, 0.15) is 5.56 Å². The molecule has 0 unspecified atom stereocenters. The Kier molecular flexibility index (Phi) is 3.84. The van der Waals surface area contributed by atoms with E-state index < -0.39 is 0 Å². The largest absolute Gasteiger partial charge is 0.307 e. The lowest BCUT2D eigenvalue weighted by Gasteiger charge is -2.09. The third kappa shape index (κ3) is 2.54. The standard InChI is InChI=1S/C29H17N5/c30-18-19-8-6-11-21(16-19)34-23-13-5-4-12-22(23)27-25(34)17-26-29(32-27)28-24(14-7-15-31-28)33(26)20-9-2-1-3-10-20/h1-17H. The maximum atomic E-state index is 9.49. The minimum atomic E-state index is 0.625. The van der Waals surface area contributed by atoms with Crippen LogP contribution in [0.5, 0.6) is 0 Å². The SMILES string of the molecule is N#Cc1cccc(-n2c3ccccc3c3nc4c5ncccc5n(-c5ccccc5)c4cc32)c1. The van der Waals surface area contributed by atoms with Gasteiger partial charge in [-0.2, -0.15) is 5.26 Å². The fraction of sp³-hybridized carbons (Fsp3) is 0. The lowest BCUT2D eigenvalue weighted by Crippen LogP contribution is -1.96. The highest BCUT2D eigenvalue weighted by Crippen LogP contribution is 2.36. The number of nitrogens with zero attached hydrogens (tertiary/aromatic N) is 5. The summed E-state index contributed by atoms with van der Waals surface area (Å²) in [5.74, 6) is 0. The van der Waals surface area contributed by atoms with E-state index in [0.717, 1.165) is 55.4 Å². The number of fused-ring (bicyclic) bond motifs is 6. The van der Waals surface area contributed by atoms with Crippen molar-refractivity contribution in [3.05, 3.63) is 109 Å². The zero-order valence-corrected chi connectivity index (χ0v) is 18.1. The highest BCUT2D eigenvalue weighted by molar-refractivity contribution is 6.14. The number of para-hydroxylation sites is 2. The van der Waals surface area contributed by atoms with Crippen molar-refractivity contribution in [2.75, 3.05) is 0 Å². The molecule has 4 heterocycles. The Morgan fingerprint density at radius 2 is 1.32 bits per heavy atom. The molecule has 0 radical (unpaired) electrons. The fourth-order valence-corrected chi connectivity index (χ4v) is 4.94. The molecular formula is C29H17N5. The van der Waals surface area contributed by atoms with Gasteiger partial charge < -0.3 is 9.13 Å². The van der Waals surface area contributed by atoms with Crippen LogP contribution in [0.25, 0.3) is 55.4 Å². The molecule has 5 nitrogen and oxygen atoms in total. The van der Waals surface area contributed by atoms with E-state index in [0.29, 0.717) is 5.56 Å². The van der Waals surface area contributed by atoms with Crippen molar-refractivity contribution >= 4 is 44.0 Å². The summed E-state index contributed by atoms with van der Waals surface area (Å²) in [5.41, 5.74) is 9.35. The predicted octanol–water partition coefficient (Wildman–Crippen LogP) is 6.54. The van der Waals surface area contributed by atoms with Crippen LogP contribution in [-0.2, 0) is 0 Å². The van der Waals surface area contributed by atoms with Gasteiger partial charge in [0.25, 0.3) is 0 Å². The van der Waals surface area contributed by atoms with Crippen LogP contribution >= 0.6 is 0 Å². The number of pyridine rings is 2. The van der Waals surface area contributed by atoms with Gasteiger partial charge >= 0.3 is 0 Å². The summed E-state index contributed by atoms with van der Waals surface area (Å²) in [6.07, 6.45) is 1.82. The highest BCUT2D eigenvalue weighted by atomic mass is 15.0. The molecule has 0 aliphatic heterocycles. The summed E-state index contributed by atoms with van der Waals surface area (Å²) in [5, 5.41) is 10.6. The van der Waals surface area contributed by atoms with Gasteiger partial charge in [0, 0.05) is 23.0 Å². The van der Waals surface area contributed by atoms with Crippen LogP contribution in [0.4, 0.5) is 0 Å². The second kappa shape index (κ2) is 7.03. The van der Waals surface area contributed by atoms with E-state index >= 15 is 0 Å². The van der Waals surface area contributed by atoms with Gasteiger partial charge in [-0.25, -0.2) is 4.98 Å². The molecule has 0 saturated heterocycles. The zero-order chi connectivity index (χ0) is 22.6. The van der Waals surface area contributed by atoms with Crippen molar-refractivity contribution < 1.29 is 0 Å². The van der Waals surface area contributed by atoms with E-state index in [-0.39, 0.29) is 0 Å². The van der Waals surface area contributed by atoms with Crippen LogP contribution < -0.4 is 0 Å². The van der Waals surface area contributed by atoms with Gasteiger partial charge in [0.1, 0.15) is 11.0 Å². The summed E-state index contributed by atoms with van der Waals surface area (Å²) in [6.45, 7) is 0. The van der Waals surface area contributed by atoms with Gasteiger partial charge in [-0.1, -0.05) is 42.5 Å². The Labute approximate surface area is 194 Å². The van der Waals surface area contributed by atoms with E-state index in [2.05, 4.69) is 51.6 Å². The topological polar surface area (TPSA) is 59.4 Å². The molecule has 7 aromatic rings. The van der Waals surface area contributed by atoms with Crippen molar-refractivity contribution in [2.45, 2.75) is 0 Å². The Bertz CT molecular complexity index is 1920. The minimum Gasteiger partial charge on any atom is -0.307 e. The van der Waals surface area contributed by atoms with Crippen LogP contribution in [0.2, 0.25) is 0 Å². The molecule has 0 spiro atoms. The Morgan fingerprint density at radius 3 is 2.21 bits per heavy atom. The molecule has 3 aromatic carbocycles. The molecule has 5 heteroatoms. The molecule has 158 valence electrons. The molecule has 0 aliphatic rings. The average molecular weight is 435 g/mol. The summed E-state index contributed by atoms with van der Waals surface area (Å²) in [6, 6.07) is 34.8.